The lowest BCUT2D eigenvalue weighted by molar-refractivity contribution is 0.351. The van der Waals surface area contributed by atoms with Gasteiger partial charge in [0.2, 0.25) is 10.0 Å². The van der Waals surface area contributed by atoms with Crippen LogP contribution in [0.3, 0.4) is 0 Å². The molecule has 1 aliphatic rings. The molecule has 0 amide bonds. The van der Waals surface area contributed by atoms with Crippen LogP contribution in [0.5, 0.6) is 11.5 Å². The summed E-state index contributed by atoms with van der Waals surface area (Å²) >= 11 is 0. The molecule has 26 heavy (non-hydrogen) atoms. The molecule has 1 aliphatic heterocycles. The molecule has 2 aromatic rings. The number of rotatable bonds is 5. The van der Waals surface area contributed by atoms with E-state index in [2.05, 4.69) is 0 Å². The minimum atomic E-state index is -3.56. The minimum absolute atomic E-state index is 0.195. The maximum Gasteiger partial charge on any atom is 0.243 e. The fourth-order valence-electron chi connectivity index (χ4n) is 3.53. The van der Waals surface area contributed by atoms with Gasteiger partial charge in [0.15, 0.2) is 11.5 Å². The van der Waals surface area contributed by atoms with Crippen LogP contribution in [-0.4, -0.2) is 33.5 Å². The fourth-order valence-corrected chi connectivity index (χ4v) is 5.53. The van der Waals surface area contributed by atoms with Crippen LogP contribution >= 0.6 is 0 Å². The van der Waals surface area contributed by atoms with E-state index < -0.39 is 10.0 Å². The highest BCUT2D eigenvalue weighted by atomic mass is 32.2. The summed E-state index contributed by atoms with van der Waals surface area (Å²) in [6.45, 7) is 4.27. The first-order valence-corrected chi connectivity index (χ1v) is 10.1. The Morgan fingerprint density at radius 3 is 2.42 bits per heavy atom. The van der Waals surface area contributed by atoms with Gasteiger partial charge in [-0.05, 0) is 61.6 Å². The quantitative estimate of drug-likeness (QED) is 0.797. The van der Waals surface area contributed by atoms with Gasteiger partial charge in [-0.3, -0.25) is 0 Å². The van der Waals surface area contributed by atoms with Crippen LogP contribution in [0.1, 0.15) is 35.6 Å². The maximum absolute atomic E-state index is 13.3. The van der Waals surface area contributed by atoms with Crippen molar-refractivity contribution in [1.29, 1.82) is 0 Å². The minimum Gasteiger partial charge on any atom is -0.493 e. The monoisotopic (exact) mass is 375 g/mol. The Kier molecular flexibility index (Phi) is 5.25. The highest BCUT2D eigenvalue weighted by Crippen LogP contribution is 2.40. The average molecular weight is 375 g/mol. The summed E-state index contributed by atoms with van der Waals surface area (Å²) in [5.74, 6) is 1.25. The largest absolute Gasteiger partial charge is 0.493 e. The van der Waals surface area contributed by atoms with Crippen LogP contribution in [0.15, 0.2) is 41.3 Å². The molecule has 5 nitrogen and oxygen atoms in total. The molecule has 3 rings (SSSR count). The number of methoxy groups -OCH3 is 2. The SMILES string of the molecule is COc1ccc([C@H]2CCCN2S(=O)(=O)c2cc(C)ccc2C)cc1OC. The summed E-state index contributed by atoms with van der Waals surface area (Å²) in [5.41, 5.74) is 2.64. The second-order valence-corrected chi connectivity index (χ2v) is 8.52. The van der Waals surface area contributed by atoms with Gasteiger partial charge >= 0.3 is 0 Å². The zero-order chi connectivity index (χ0) is 18.9. The summed E-state index contributed by atoms with van der Waals surface area (Å²) < 4.78 is 39.0. The zero-order valence-corrected chi connectivity index (χ0v) is 16.5. The summed E-state index contributed by atoms with van der Waals surface area (Å²) in [4.78, 5) is 0.393. The highest BCUT2D eigenvalue weighted by molar-refractivity contribution is 7.89. The number of nitrogens with zero attached hydrogens (tertiary/aromatic N) is 1. The van der Waals surface area contributed by atoms with Gasteiger partial charge in [0.1, 0.15) is 0 Å². The Labute approximate surface area is 155 Å². The van der Waals surface area contributed by atoms with Crippen LogP contribution in [0.4, 0.5) is 0 Å². The molecular formula is C20H25NO4S. The molecule has 1 atom stereocenters. The van der Waals surface area contributed by atoms with E-state index in [9.17, 15) is 8.42 Å². The van der Waals surface area contributed by atoms with Gasteiger partial charge in [-0.2, -0.15) is 4.31 Å². The number of sulfonamides is 1. The Morgan fingerprint density at radius 2 is 1.73 bits per heavy atom. The number of ether oxygens (including phenoxy) is 2. The Morgan fingerprint density at radius 1 is 1.00 bits per heavy atom. The van der Waals surface area contributed by atoms with Gasteiger partial charge < -0.3 is 9.47 Å². The summed E-state index contributed by atoms with van der Waals surface area (Å²) in [6, 6.07) is 11.0. The van der Waals surface area contributed by atoms with Crippen molar-refractivity contribution >= 4 is 10.0 Å². The fraction of sp³-hybridized carbons (Fsp3) is 0.400. The van der Waals surface area contributed by atoms with E-state index in [1.165, 1.54) is 0 Å². The number of aryl methyl sites for hydroxylation is 2. The third kappa shape index (κ3) is 3.31. The molecule has 0 N–H and O–H groups in total. The predicted molar refractivity (Wildman–Crippen MR) is 101 cm³/mol. The molecule has 0 aromatic heterocycles. The van der Waals surface area contributed by atoms with Gasteiger partial charge in [0.05, 0.1) is 25.2 Å². The second-order valence-electron chi connectivity index (χ2n) is 6.66. The van der Waals surface area contributed by atoms with E-state index in [1.807, 2.05) is 44.2 Å². The van der Waals surface area contributed by atoms with Crippen molar-refractivity contribution in [1.82, 2.24) is 4.31 Å². The Balaban J connectivity index is 2.01. The Hall–Kier alpha value is -2.05. The van der Waals surface area contributed by atoms with Crippen molar-refractivity contribution < 1.29 is 17.9 Å². The topological polar surface area (TPSA) is 55.8 Å². The van der Waals surface area contributed by atoms with E-state index in [4.69, 9.17) is 9.47 Å². The normalized spacial score (nSPS) is 18.1. The molecule has 1 saturated heterocycles. The Bertz CT molecular complexity index is 908. The van der Waals surface area contributed by atoms with Crippen molar-refractivity contribution in [2.45, 2.75) is 37.6 Å². The van der Waals surface area contributed by atoms with Crippen molar-refractivity contribution in [3.05, 3.63) is 53.1 Å². The van der Waals surface area contributed by atoms with Crippen molar-refractivity contribution in [3.8, 4) is 11.5 Å². The first-order chi connectivity index (χ1) is 12.4. The lowest BCUT2D eigenvalue weighted by atomic mass is 10.0. The first-order valence-electron chi connectivity index (χ1n) is 8.69. The molecule has 0 aliphatic carbocycles. The van der Waals surface area contributed by atoms with Crippen molar-refractivity contribution in [2.24, 2.45) is 0 Å². The van der Waals surface area contributed by atoms with E-state index in [-0.39, 0.29) is 6.04 Å². The number of benzene rings is 2. The van der Waals surface area contributed by atoms with Gasteiger partial charge in [-0.1, -0.05) is 18.2 Å². The van der Waals surface area contributed by atoms with Gasteiger partial charge in [0, 0.05) is 6.54 Å². The lowest BCUT2D eigenvalue weighted by Gasteiger charge is -2.26. The third-order valence-electron chi connectivity index (χ3n) is 4.93. The van der Waals surface area contributed by atoms with Crippen LogP contribution in [0, 0.1) is 13.8 Å². The number of hydrogen-bond donors (Lipinski definition) is 0. The number of hydrogen-bond acceptors (Lipinski definition) is 4. The van der Waals surface area contributed by atoms with Crippen molar-refractivity contribution in [3.63, 3.8) is 0 Å². The van der Waals surface area contributed by atoms with E-state index in [1.54, 1.807) is 24.6 Å². The van der Waals surface area contributed by atoms with Gasteiger partial charge in [-0.25, -0.2) is 8.42 Å². The molecule has 0 unspecified atom stereocenters. The van der Waals surface area contributed by atoms with Gasteiger partial charge in [-0.15, -0.1) is 0 Å². The molecule has 0 bridgehead atoms. The molecule has 0 spiro atoms. The maximum atomic E-state index is 13.3. The van der Waals surface area contributed by atoms with E-state index >= 15 is 0 Å². The van der Waals surface area contributed by atoms with Crippen LogP contribution in [0.25, 0.3) is 0 Å². The predicted octanol–water partition coefficient (Wildman–Crippen LogP) is 3.85. The van der Waals surface area contributed by atoms with E-state index in [0.717, 1.165) is 29.5 Å². The van der Waals surface area contributed by atoms with E-state index in [0.29, 0.717) is 22.9 Å². The highest BCUT2D eigenvalue weighted by Gasteiger charge is 2.37. The van der Waals surface area contributed by atoms with Gasteiger partial charge in [0.25, 0.3) is 0 Å². The molecule has 0 radical (unpaired) electrons. The molecular weight excluding hydrogens is 350 g/mol. The molecule has 0 saturated carbocycles. The average Bonchev–Trinajstić information content (AvgIpc) is 3.13. The second kappa shape index (κ2) is 7.29. The standard InChI is InChI=1S/C20H25NO4S/c1-14-7-8-15(2)20(12-14)26(22,23)21-11-5-6-17(21)16-9-10-18(24-3)19(13-16)25-4/h7-10,12-13,17H,5-6,11H2,1-4H3/t17-/m1/s1. The van der Waals surface area contributed by atoms with Crippen LogP contribution < -0.4 is 9.47 Å². The van der Waals surface area contributed by atoms with Crippen LogP contribution in [0.2, 0.25) is 0 Å². The lowest BCUT2D eigenvalue weighted by Crippen LogP contribution is -2.31. The molecule has 140 valence electrons. The summed E-state index contributed by atoms with van der Waals surface area (Å²) in [6.07, 6.45) is 1.63. The third-order valence-corrected chi connectivity index (χ3v) is 6.98. The smallest absolute Gasteiger partial charge is 0.243 e. The summed E-state index contributed by atoms with van der Waals surface area (Å²) in [5, 5.41) is 0. The molecule has 6 heteroatoms. The van der Waals surface area contributed by atoms with Crippen molar-refractivity contribution in [2.75, 3.05) is 20.8 Å². The van der Waals surface area contributed by atoms with Crippen LogP contribution in [-0.2, 0) is 10.0 Å². The molecule has 2 aromatic carbocycles. The first kappa shape index (κ1) is 18.7. The molecule has 1 heterocycles. The summed E-state index contributed by atoms with van der Waals surface area (Å²) in [7, 11) is -0.391. The molecule has 1 fully saturated rings. The zero-order valence-electron chi connectivity index (χ0n) is 15.7.